The molecule has 0 spiro atoms. The summed E-state index contributed by atoms with van der Waals surface area (Å²) in [5, 5.41) is 8.09. The molecule has 6 aromatic carbocycles. The van der Waals surface area contributed by atoms with Crippen molar-refractivity contribution in [3.05, 3.63) is 191 Å². The minimum absolute atomic E-state index is 0.597. The van der Waals surface area contributed by atoms with E-state index in [4.69, 9.17) is 9.47 Å². The number of rotatable bonds is 7. The minimum atomic E-state index is -0.597. The van der Waals surface area contributed by atoms with E-state index >= 15 is 0 Å². The third-order valence-corrected chi connectivity index (χ3v) is 8.92. The Morgan fingerprint density at radius 1 is 0.341 bits per heavy atom. The van der Waals surface area contributed by atoms with Gasteiger partial charge in [-0.3, -0.25) is 10.6 Å². The van der Waals surface area contributed by atoms with Gasteiger partial charge in [-0.1, -0.05) is 133 Å². The molecular formula is C40H32N2O2. The lowest BCUT2D eigenvalue weighted by Crippen LogP contribution is -2.52. The molecule has 214 valence electrons. The van der Waals surface area contributed by atoms with E-state index in [9.17, 15) is 0 Å². The van der Waals surface area contributed by atoms with Crippen molar-refractivity contribution in [1.82, 2.24) is 10.6 Å². The topological polar surface area (TPSA) is 42.5 Å². The Kier molecular flexibility index (Phi) is 6.52. The second-order valence-electron chi connectivity index (χ2n) is 11.3. The van der Waals surface area contributed by atoms with Crippen molar-refractivity contribution in [1.29, 1.82) is 0 Å². The van der Waals surface area contributed by atoms with Crippen LogP contribution in [0, 0.1) is 0 Å². The molecule has 6 aromatic rings. The molecule has 0 amide bonds. The van der Waals surface area contributed by atoms with Crippen LogP contribution in [0.1, 0.15) is 33.4 Å². The molecule has 0 unspecified atom stereocenters. The molecule has 0 saturated carbocycles. The largest absolute Gasteiger partial charge is 0.457 e. The van der Waals surface area contributed by atoms with Crippen molar-refractivity contribution in [2.75, 3.05) is 13.1 Å². The van der Waals surface area contributed by atoms with Crippen LogP contribution in [0.4, 0.5) is 0 Å². The minimum Gasteiger partial charge on any atom is -0.457 e. The van der Waals surface area contributed by atoms with Gasteiger partial charge in [0.2, 0.25) is 0 Å². The van der Waals surface area contributed by atoms with Gasteiger partial charge in [0.15, 0.2) is 0 Å². The first-order chi connectivity index (χ1) is 21.8. The summed E-state index contributed by atoms with van der Waals surface area (Å²) in [6, 6.07) is 54.8. The molecule has 0 aliphatic carbocycles. The van der Waals surface area contributed by atoms with Crippen molar-refractivity contribution >= 4 is 0 Å². The van der Waals surface area contributed by atoms with Gasteiger partial charge in [0.05, 0.1) is 0 Å². The Morgan fingerprint density at radius 3 is 0.932 bits per heavy atom. The number of hydrogen-bond donors (Lipinski definition) is 2. The van der Waals surface area contributed by atoms with Gasteiger partial charge in [-0.25, -0.2) is 0 Å². The van der Waals surface area contributed by atoms with Crippen LogP contribution < -0.4 is 20.1 Å². The number of benzene rings is 6. The zero-order chi connectivity index (χ0) is 29.4. The lowest BCUT2D eigenvalue weighted by atomic mass is 9.74. The van der Waals surface area contributed by atoms with Gasteiger partial charge in [-0.2, -0.15) is 0 Å². The van der Waals surface area contributed by atoms with Gasteiger partial charge in [0.25, 0.3) is 0 Å². The standard InChI is InChI=1S/C40H32N2O2/c1-3-15-29(16-4-1)39(31-19-7-11-23-35(31)43-36-24-12-8-20-32(36)39)41-27-28-42-40(30-17-5-2-6-18-30)33-21-9-13-25-37(33)44-38-26-14-10-22-34(38)40/h1-26,41-42H,27-28H2. The average Bonchev–Trinajstić information content (AvgIpc) is 3.10. The molecule has 2 aliphatic rings. The highest BCUT2D eigenvalue weighted by Gasteiger charge is 2.45. The number of hydrogen-bond acceptors (Lipinski definition) is 4. The van der Waals surface area contributed by atoms with Gasteiger partial charge in [-0.15, -0.1) is 0 Å². The maximum atomic E-state index is 6.44. The van der Waals surface area contributed by atoms with Crippen molar-refractivity contribution in [3.63, 3.8) is 0 Å². The molecule has 0 atom stereocenters. The zero-order valence-electron chi connectivity index (χ0n) is 24.2. The third-order valence-electron chi connectivity index (χ3n) is 8.92. The maximum Gasteiger partial charge on any atom is 0.133 e. The molecule has 0 aromatic heterocycles. The Balaban J connectivity index is 1.22. The summed E-state index contributed by atoms with van der Waals surface area (Å²) in [4.78, 5) is 0. The maximum absolute atomic E-state index is 6.44. The van der Waals surface area contributed by atoms with Crippen molar-refractivity contribution in [3.8, 4) is 23.0 Å². The fourth-order valence-electron chi connectivity index (χ4n) is 7.07. The molecule has 2 N–H and O–H groups in total. The number of ether oxygens (including phenoxy) is 2. The highest BCUT2D eigenvalue weighted by atomic mass is 16.5. The highest BCUT2D eigenvalue weighted by molar-refractivity contribution is 5.64. The normalized spacial score (nSPS) is 15.0. The zero-order valence-corrected chi connectivity index (χ0v) is 24.2. The van der Waals surface area contributed by atoms with E-state index in [1.54, 1.807) is 0 Å². The first-order valence-electron chi connectivity index (χ1n) is 15.2. The van der Waals surface area contributed by atoms with E-state index < -0.39 is 11.1 Å². The fraction of sp³-hybridized carbons (Fsp3) is 0.100. The number of nitrogens with one attached hydrogen (secondary N) is 2. The molecule has 0 bridgehead atoms. The SMILES string of the molecule is c1ccc(C2(NCCNC3(c4ccccc4)c4ccccc4Oc4ccccc43)c3ccccc3Oc3ccccc32)cc1. The summed E-state index contributed by atoms with van der Waals surface area (Å²) in [6.45, 7) is 1.36. The average molecular weight is 573 g/mol. The lowest BCUT2D eigenvalue weighted by molar-refractivity contribution is 0.354. The van der Waals surface area contributed by atoms with Crippen LogP contribution in [0.3, 0.4) is 0 Å². The molecule has 0 saturated heterocycles. The Morgan fingerprint density at radius 2 is 0.614 bits per heavy atom. The van der Waals surface area contributed by atoms with Gasteiger partial charge >= 0.3 is 0 Å². The predicted molar refractivity (Wildman–Crippen MR) is 175 cm³/mol. The Bertz CT molecular complexity index is 1700. The summed E-state index contributed by atoms with van der Waals surface area (Å²) in [5.41, 5.74) is 5.55. The van der Waals surface area contributed by atoms with Crippen molar-refractivity contribution in [2.24, 2.45) is 0 Å². The van der Waals surface area contributed by atoms with E-state index in [0.717, 1.165) is 45.3 Å². The molecule has 8 rings (SSSR count). The summed E-state index contributed by atoms with van der Waals surface area (Å²) < 4.78 is 12.9. The monoisotopic (exact) mass is 572 g/mol. The second kappa shape index (κ2) is 10.8. The number of para-hydroxylation sites is 4. The molecule has 4 heteroatoms. The molecule has 0 radical (unpaired) electrons. The molecule has 2 heterocycles. The Labute approximate surface area is 257 Å². The van der Waals surface area contributed by atoms with Crippen LogP contribution in [0.25, 0.3) is 0 Å². The van der Waals surface area contributed by atoms with Gasteiger partial charge in [0.1, 0.15) is 34.1 Å². The predicted octanol–water partition coefficient (Wildman–Crippen LogP) is 8.36. The van der Waals surface area contributed by atoms with Crippen molar-refractivity contribution < 1.29 is 9.47 Å². The van der Waals surface area contributed by atoms with Crippen LogP contribution in [-0.4, -0.2) is 13.1 Å². The first kappa shape index (κ1) is 26.5. The van der Waals surface area contributed by atoms with E-state index in [2.05, 4.69) is 144 Å². The smallest absolute Gasteiger partial charge is 0.133 e. The second-order valence-corrected chi connectivity index (χ2v) is 11.3. The van der Waals surface area contributed by atoms with Crippen LogP contribution in [0.5, 0.6) is 23.0 Å². The Hall–Kier alpha value is -5.16. The summed E-state index contributed by atoms with van der Waals surface area (Å²) in [6.07, 6.45) is 0. The molecular weight excluding hydrogens is 540 g/mol. The van der Waals surface area contributed by atoms with Gasteiger partial charge < -0.3 is 9.47 Å². The van der Waals surface area contributed by atoms with E-state index in [1.165, 1.54) is 11.1 Å². The third kappa shape index (κ3) is 4.07. The quantitative estimate of drug-likeness (QED) is 0.189. The van der Waals surface area contributed by atoms with Crippen LogP contribution in [0.15, 0.2) is 158 Å². The molecule has 2 aliphatic heterocycles. The molecule has 4 nitrogen and oxygen atoms in total. The van der Waals surface area contributed by atoms with Crippen LogP contribution in [-0.2, 0) is 11.1 Å². The number of fused-ring (bicyclic) bond motifs is 4. The summed E-state index contributed by atoms with van der Waals surface area (Å²) in [7, 11) is 0. The van der Waals surface area contributed by atoms with E-state index in [1.807, 2.05) is 24.3 Å². The van der Waals surface area contributed by atoms with E-state index in [0.29, 0.717) is 13.1 Å². The fourth-order valence-corrected chi connectivity index (χ4v) is 7.07. The van der Waals surface area contributed by atoms with Crippen molar-refractivity contribution in [2.45, 2.75) is 11.1 Å². The summed E-state index contributed by atoms with van der Waals surface area (Å²) in [5.74, 6) is 3.46. The van der Waals surface area contributed by atoms with E-state index in [-0.39, 0.29) is 0 Å². The van der Waals surface area contributed by atoms with Gasteiger partial charge in [0, 0.05) is 35.3 Å². The van der Waals surface area contributed by atoms with Crippen LogP contribution >= 0.6 is 0 Å². The highest BCUT2D eigenvalue weighted by Crippen LogP contribution is 2.51. The molecule has 44 heavy (non-hydrogen) atoms. The first-order valence-corrected chi connectivity index (χ1v) is 15.2. The van der Waals surface area contributed by atoms with Crippen LogP contribution in [0.2, 0.25) is 0 Å². The summed E-state index contributed by atoms with van der Waals surface area (Å²) >= 11 is 0. The lowest BCUT2D eigenvalue weighted by Gasteiger charge is -2.43. The molecule has 0 fully saturated rings. The van der Waals surface area contributed by atoms with Gasteiger partial charge in [-0.05, 0) is 35.4 Å².